The molecule has 0 atom stereocenters. The molecule has 0 spiro atoms. The number of nitrogens with zero attached hydrogens (tertiary/aromatic N) is 6. The first-order valence-electron chi connectivity index (χ1n) is 22.2. The minimum atomic E-state index is 0.427. The summed E-state index contributed by atoms with van der Waals surface area (Å²) in [7, 11) is 0. The Kier molecular flexibility index (Phi) is 15.9. The molecule has 0 saturated carbocycles. The monoisotopic (exact) mass is 872 g/mol. The quantitative estimate of drug-likeness (QED) is 0.0454. The van der Waals surface area contributed by atoms with Crippen molar-refractivity contribution in [3.8, 4) is 67.9 Å². The zero-order valence-electron chi connectivity index (χ0n) is 37.0. The number of pyridine rings is 6. The van der Waals surface area contributed by atoms with Gasteiger partial charge >= 0.3 is 0 Å². The fourth-order valence-corrected chi connectivity index (χ4v) is 6.97. The highest BCUT2D eigenvalue weighted by Crippen LogP contribution is 2.26. The average molecular weight is 873 g/mol. The maximum atomic E-state index is 6.00. The fourth-order valence-electron chi connectivity index (χ4n) is 6.97. The molecular formula is C56H52N6O4. The van der Waals surface area contributed by atoms with Gasteiger partial charge in [-0.2, -0.15) is 0 Å². The fraction of sp³-hybridized carbons (Fsp3) is 0.179. The van der Waals surface area contributed by atoms with Crippen molar-refractivity contribution in [3.05, 3.63) is 206 Å². The van der Waals surface area contributed by atoms with Crippen LogP contribution in [0.4, 0.5) is 0 Å². The van der Waals surface area contributed by atoms with Crippen molar-refractivity contribution < 1.29 is 18.9 Å². The lowest BCUT2D eigenvalue weighted by atomic mass is 10.1. The van der Waals surface area contributed by atoms with Gasteiger partial charge in [0.15, 0.2) is 0 Å². The number of aromatic nitrogens is 6. The number of benzene rings is 2. The lowest BCUT2D eigenvalue weighted by Crippen LogP contribution is -1.98. The molecule has 0 amide bonds. The van der Waals surface area contributed by atoms with Crippen molar-refractivity contribution in [1.29, 1.82) is 0 Å². The van der Waals surface area contributed by atoms with Crippen LogP contribution in [-0.4, -0.2) is 43.1 Å². The molecule has 0 aliphatic heterocycles. The third-order valence-corrected chi connectivity index (χ3v) is 10.7. The molecule has 2 aromatic carbocycles. The Bertz CT molecular complexity index is 2530. The van der Waals surface area contributed by atoms with Crippen LogP contribution in [0.3, 0.4) is 0 Å². The summed E-state index contributed by atoms with van der Waals surface area (Å²) in [6.07, 6.45) is 18.7. The summed E-state index contributed by atoms with van der Waals surface area (Å²) in [5, 5.41) is 0. The number of hydrogen-bond acceptors (Lipinski definition) is 10. The first-order valence-corrected chi connectivity index (χ1v) is 22.2. The molecule has 0 aliphatic carbocycles. The summed E-state index contributed by atoms with van der Waals surface area (Å²) < 4.78 is 23.6. The van der Waals surface area contributed by atoms with Gasteiger partial charge in [0.25, 0.3) is 0 Å². The molecule has 0 radical (unpaired) electrons. The van der Waals surface area contributed by atoms with Crippen molar-refractivity contribution in [2.45, 2.75) is 52.1 Å². The zero-order valence-corrected chi connectivity index (χ0v) is 37.0. The molecule has 0 aliphatic rings. The first kappa shape index (κ1) is 44.9. The summed E-state index contributed by atoms with van der Waals surface area (Å²) in [4.78, 5) is 27.9. The standard InChI is InChI=1S/C56H52N6O4/c1-3-5-7-29-65-49-19-13-45(14-20-49)47-17-27-55(61-35-47)53-25-11-43(33-59-53)39-63-37-41-9-23-51(57-31-41)52-24-10-42(32-58-52)38-64-40-44-12-26-54(60-34-44)56-28-18-48(36-62-56)46-15-21-50(22-16-46)66-30-8-6-4-2/h3-4,9-28,31-36H,1-2,5-8,29-30,37-40H2. The second kappa shape index (κ2) is 23.3. The molecule has 10 nitrogen and oxygen atoms in total. The minimum Gasteiger partial charge on any atom is -0.494 e. The molecule has 0 bridgehead atoms. The van der Waals surface area contributed by atoms with Crippen LogP contribution in [0.1, 0.15) is 47.9 Å². The Balaban J connectivity index is 0.737. The van der Waals surface area contributed by atoms with E-state index in [0.29, 0.717) is 39.6 Å². The van der Waals surface area contributed by atoms with Crippen molar-refractivity contribution in [1.82, 2.24) is 29.9 Å². The predicted octanol–water partition coefficient (Wildman–Crippen LogP) is 12.5. The third kappa shape index (κ3) is 12.7. The Morgan fingerprint density at radius 2 is 0.621 bits per heavy atom. The van der Waals surface area contributed by atoms with Gasteiger partial charge in [0.05, 0.1) is 73.8 Å². The molecule has 6 heterocycles. The molecule has 8 rings (SSSR count). The summed E-state index contributed by atoms with van der Waals surface area (Å²) in [5.74, 6) is 1.72. The van der Waals surface area contributed by atoms with E-state index >= 15 is 0 Å². The van der Waals surface area contributed by atoms with Crippen LogP contribution in [-0.2, 0) is 35.9 Å². The molecule has 6 aromatic heterocycles. The van der Waals surface area contributed by atoms with E-state index in [-0.39, 0.29) is 0 Å². The Morgan fingerprint density at radius 3 is 0.879 bits per heavy atom. The van der Waals surface area contributed by atoms with Gasteiger partial charge in [-0.25, -0.2) is 0 Å². The lowest BCUT2D eigenvalue weighted by molar-refractivity contribution is 0.106. The number of ether oxygens (including phenoxy) is 4. The van der Waals surface area contributed by atoms with E-state index in [0.717, 1.165) is 116 Å². The second-order valence-corrected chi connectivity index (χ2v) is 15.7. The van der Waals surface area contributed by atoms with Crippen LogP contribution < -0.4 is 9.47 Å². The SMILES string of the molecule is C=CCCCOc1ccc(-c2ccc(-c3ccc(COCc4ccc(-c5ccc(COCc6ccc(-c7ccc(-c8ccc(OCCCC=C)cc8)cn7)nc6)cn5)nc4)cn3)nc2)cc1. The number of unbranched alkanes of at least 4 members (excludes halogenated alkanes) is 2. The van der Waals surface area contributed by atoms with Crippen molar-refractivity contribution in [3.63, 3.8) is 0 Å². The molecule has 330 valence electrons. The summed E-state index contributed by atoms with van der Waals surface area (Å²) >= 11 is 0. The Morgan fingerprint density at radius 1 is 0.333 bits per heavy atom. The van der Waals surface area contributed by atoms with Crippen molar-refractivity contribution in [2.75, 3.05) is 13.2 Å². The smallest absolute Gasteiger partial charge is 0.119 e. The molecule has 0 N–H and O–H groups in total. The van der Waals surface area contributed by atoms with Gasteiger partial charge < -0.3 is 18.9 Å². The Hall–Kier alpha value is -7.66. The van der Waals surface area contributed by atoms with Crippen LogP contribution >= 0.6 is 0 Å². The molecule has 0 saturated heterocycles. The molecular weight excluding hydrogens is 821 g/mol. The minimum absolute atomic E-state index is 0.427. The van der Waals surface area contributed by atoms with Crippen LogP contribution in [0.2, 0.25) is 0 Å². The van der Waals surface area contributed by atoms with Gasteiger partial charge in [0.2, 0.25) is 0 Å². The molecule has 8 aromatic rings. The van der Waals surface area contributed by atoms with Gasteiger partial charge in [-0.3, -0.25) is 29.9 Å². The highest BCUT2D eigenvalue weighted by molar-refractivity contribution is 5.67. The lowest BCUT2D eigenvalue weighted by Gasteiger charge is -2.08. The molecule has 0 fully saturated rings. The van der Waals surface area contributed by atoms with Gasteiger partial charge in [-0.15, -0.1) is 13.2 Å². The highest BCUT2D eigenvalue weighted by atomic mass is 16.5. The molecule has 10 heteroatoms. The van der Waals surface area contributed by atoms with Gasteiger partial charge in [-0.05, 0) is 120 Å². The summed E-state index contributed by atoms with van der Waals surface area (Å²) in [5.41, 5.74) is 12.9. The maximum absolute atomic E-state index is 6.00. The maximum Gasteiger partial charge on any atom is 0.119 e. The second-order valence-electron chi connectivity index (χ2n) is 15.7. The van der Waals surface area contributed by atoms with Crippen LogP contribution in [0.15, 0.2) is 184 Å². The van der Waals surface area contributed by atoms with Gasteiger partial charge in [-0.1, -0.05) is 72.8 Å². The number of hydrogen-bond donors (Lipinski definition) is 0. The van der Waals surface area contributed by atoms with E-state index in [9.17, 15) is 0 Å². The largest absolute Gasteiger partial charge is 0.494 e. The third-order valence-electron chi connectivity index (χ3n) is 10.7. The van der Waals surface area contributed by atoms with Crippen molar-refractivity contribution >= 4 is 0 Å². The number of rotatable bonds is 23. The summed E-state index contributed by atoms with van der Waals surface area (Å²) in [6, 6.07) is 40.2. The molecule has 66 heavy (non-hydrogen) atoms. The van der Waals surface area contributed by atoms with E-state index in [1.807, 2.05) is 134 Å². The van der Waals surface area contributed by atoms with Crippen molar-refractivity contribution in [2.24, 2.45) is 0 Å². The van der Waals surface area contributed by atoms with E-state index in [1.54, 1.807) is 0 Å². The van der Waals surface area contributed by atoms with Crippen LogP contribution in [0, 0.1) is 0 Å². The summed E-state index contributed by atoms with van der Waals surface area (Å²) in [6.45, 7) is 10.6. The van der Waals surface area contributed by atoms with E-state index < -0.39 is 0 Å². The van der Waals surface area contributed by atoms with E-state index in [1.165, 1.54) is 0 Å². The van der Waals surface area contributed by atoms with Gasteiger partial charge in [0, 0.05) is 48.3 Å². The van der Waals surface area contributed by atoms with Crippen LogP contribution in [0.25, 0.3) is 56.4 Å². The average Bonchev–Trinajstić information content (AvgIpc) is 3.38. The van der Waals surface area contributed by atoms with Crippen LogP contribution in [0.5, 0.6) is 11.5 Å². The van der Waals surface area contributed by atoms with E-state index in [4.69, 9.17) is 18.9 Å². The van der Waals surface area contributed by atoms with E-state index in [2.05, 4.69) is 79.5 Å². The zero-order chi connectivity index (χ0) is 45.2. The topological polar surface area (TPSA) is 114 Å². The normalized spacial score (nSPS) is 11.0. The molecule has 0 unspecified atom stereocenters. The number of allylic oxidation sites excluding steroid dienone is 2. The predicted molar refractivity (Wildman–Crippen MR) is 260 cm³/mol. The van der Waals surface area contributed by atoms with Gasteiger partial charge in [0.1, 0.15) is 11.5 Å². The Labute approximate surface area is 386 Å². The highest BCUT2D eigenvalue weighted by Gasteiger charge is 2.08. The first-order chi connectivity index (χ1) is 32.6.